The lowest BCUT2D eigenvalue weighted by Gasteiger charge is -2.18. The smallest absolute Gasteiger partial charge is 0.225 e. The molecule has 1 aliphatic carbocycles. The van der Waals surface area contributed by atoms with Gasteiger partial charge in [-0.2, -0.15) is 0 Å². The van der Waals surface area contributed by atoms with E-state index in [2.05, 4.69) is 5.32 Å². The summed E-state index contributed by atoms with van der Waals surface area (Å²) >= 11 is 1.67. The first-order valence-corrected chi connectivity index (χ1v) is 6.66. The molecule has 0 radical (unpaired) electrons. The SMILES string of the molecule is CC(NC(=O)C1CCCC1N)c1cccs1.Cl. The van der Waals surface area contributed by atoms with Crippen LogP contribution in [-0.2, 0) is 4.79 Å². The number of amides is 1. The van der Waals surface area contributed by atoms with E-state index in [1.807, 2.05) is 24.4 Å². The standard InChI is InChI=1S/C12H18N2OS.ClH/c1-8(11-6-3-7-16-11)14-12(15)9-4-2-5-10(9)13;/h3,6-10H,2,4-5,13H2,1H3,(H,14,15);1H. The zero-order chi connectivity index (χ0) is 11.5. The van der Waals surface area contributed by atoms with Crippen LogP contribution in [0.4, 0.5) is 0 Å². The maximum absolute atomic E-state index is 12.0. The average molecular weight is 275 g/mol. The van der Waals surface area contributed by atoms with Crippen molar-refractivity contribution >= 4 is 29.7 Å². The van der Waals surface area contributed by atoms with Crippen molar-refractivity contribution in [3.8, 4) is 0 Å². The van der Waals surface area contributed by atoms with Crippen molar-refractivity contribution in [1.29, 1.82) is 0 Å². The number of nitrogens with one attached hydrogen (secondary N) is 1. The zero-order valence-corrected chi connectivity index (χ0v) is 11.5. The van der Waals surface area contributed by atoms with E-state index in [0.29, 0.717) is 0 Å². The van der Waals surface area contributed by atoms with Gasteiger partial charge in [-0.25, -0.2) is 0 Å². The van der Waals surface area contributed by atoms with Gasteiger partial charge in [0, 0.05) is 10.9 Å². The van der Waals surface area contributed by atoms with Crippen molar-refractivity contribution < 1.29 is 4.79 Å². The number of thiophene rings is 1. The van der Waals surface area contributed by atoms with Crippen LogP contribution in [0.25, 0.3) is 0 Å². The van der Waals surface area contributed by atoms with Crippen LogP contribution in [0.15, 0.2) is 17.5 Å². The van der Waals surface area contributed by atoms with Crippen LogP contribution in [0.3, 0.4) is 0 Å². The van der Waals surface area contributed by atoms with Crippen molar-refractivity contribution in [2.24, 2.45) is 11.7 Å². The largest absolute Gasteiger partial charge is 0.348 e. The van der Waals surface area contributed by atoms with Crippen LogP contribution in [0, 0.1) is 5.92 Å². The fraction of sp³-hybridized carbons (Fsp3) is 0.583. The van der Waals surface area contributed by atoms with E-state index in [0.717, 1.165) is 19.3 Å². The minimum atomic E-state index is 0. The number of rotatable bonds is 3. The monoisotopic (exact) mass is 274 g/mol. The Morgan fingerprint density at radius 3 is 2.88 bits per heavy atom. The molecule has 1 amide bonds. The third-order valence-corrected chi connectivity index (χ3v) is 4.29. The molecule has 0 bridgehead atoms. The molecule has 1 aromatic rings. The number of carbonyl (C=O) groups excluding carboxylic acids is 1. The van der Waals surface area contributed by atoms with E-state index in [9.17, 15) is 4.79 Å². The Bertz CT molecular complexity index is 355. The lowest BCUT2D eigenvalue weighted by Crippen LogP contribution is -2.39. The molecule has 1 saturated carbocycles. The normalized spacial score (nSPS) is 25.1. The molecule has 3 unspecified atom stereocenters. The lowest BCUT2D eigenvalue weighted by atomic mass is 10.0. The summed E-state index contributed by atoms with van der Waals surface area (Å²) in [5, 5.41) is 5.07. The molecule has 1 aliphatic rings. The van der Waals surface area contributed by atoms with Gasteiger partial charge in [-0.15, -0.1) is 23.7 Å². The summed E-state index contributed by atoms with van der Waals surface area (Å²) in [6, 6.07) is 4.20. The maximum atomic E-state index is 12.0. The van der Waals surface area contributed by atoms with Crippen LogP contribution in [-0.4, -0.2) is 11.9 Å². The third-order valence-electron chi connectivity index (χ3n) is 3.23. The maximum Gasteiger partial charge on any atom is 0.225 e. The van der Waals surface area contributed by atoms with E-state index in [4.69, 9.17) is 5.73 Å². The second-order valence-electron chi connectivity index (χ2n) is 4.45. The summed E-state index contributed by atoms with van der Waals surface area (Å²) in [7, 11) is 0. The molecular weight excluding hydrogens is 256 g/mol. The molecule has 17 heavy (non-hydrogen) atoms. The van der Waals surface area contributed by atoms with E-state index < -0.39 is 0 Å². The Hall–Kier alpha value is -0.580. The summed E-state index contributed by atoms with van der Waals surface area (Å²) in [4.78, 5) is 13.2. The number of halogens is 1. The molecule has 1 fully saturated rings. The number of nitrogens with two attached hydrogens (primary N) is 1. The Morgan fingerprint density at radius 2 is 2.35 bits per heavy atom. The summed E-state index contributed by atoms with van der Waals surface area (Å²) < 4.78 is 0. The van der Waals surface area contributed by atoms with Gasteiger partial charge in [0.1, 0.15) is 0 Å². The molecule has 0 aromatic carbocycles. The van der Waals surface area contributed by atoms with Crippen LogP contribution >= 0.6 is 23.7 Å². The summed E-state index contributed by atoms with van der Waals surface area (Å²) in [5.74, 6) is 0.133. The van der Waals surface area contributed by atoms with Gasteiger partial charge < -0.3 is 11.1 Å². The molecular formula is C12H19ClN2OS. The molecule has 96 valence electrons. The summed E-state index contributed by atoms with van der Waals surface area (Å²) in [6.07, 6.45) is 2.99. The first-order valence-electron chi connectivity index (χ1n) is 5.78. The molecule has 0 aliphatic heterocycles. The van der Waals surface area contributed by atoms with Gasteiger partial charge in [0.2, 0.25) is 5.91 Å². The van der Waals surface area contributed by atoms with Crippen LogP contribution in [0.2, 0.25) is 0 Å². The van der Waals surface area contributed by atoms with Crippen molar-refractivity contribution in [3.63, 3.8) is 0 Å². The van der Waals surface area contributed by atoms with Gasteiger partial charge in [0.05, 0.1) is 12.0 Å². The quantitative estimate of drug-likeness (QED) is 0.890. The van der Waals surface area contributed by atoms with Gasteiger partial charge in [0.15, 0.2) is 0 Å². The molecule has 5 heteroatoms. The first kappa shape index (κ1) is 14.5. The Balaban J connectivity index is 0.00000144. The first-order chi connectivity index (χ1) is 7.68. The van der Waals surface area contributed by atoms with Crippen molar-refractivity contribution in [2.75, 3.05) is 0 Å². The Labute approximate surface area is 112 Å². The van der Waals surface area contributed by atoms with Crippen molar-refractivity contribution in [2.45, 2.75) is 38.3 Å². The van der Waals surface area contributed by atoms with Gasteiger partial charge in [0.25, 0.3) is 0 Å². The second kappa shape index (κ2) is 6.38. The predicted molar refractivity (Wildman–Crippen MR) is 73.4 cm³/mol. The fourth-order valence-electron chi connectivity index (χ4n) is 2.24. The third kappa shape index (κ3) is 3.44. The highest BCUT2D eigenvalue weighted by molar-refractivity contribution is 7.10. The number of hydrogen-bond donors (Lipinski definition) is 2. The molecule has 3 N–H and O–H groups in total. The highest BCUT2D eigenvalue weighted by atomic mass is 35.5. The highest BCUT2D eigenvalue weighted by Crippen LogP contribution is 2.25. The summed E-state index contributed by atoms with van der Waals surface area (Å²) in [6.45, 7) is 2.02. The molecule has 0 spiro atoms. The van der Waals surface area contributed by atoms with Gasteiger partial charge >= 0.3 is 0 Å². The second-order valence-corrected chi connectivity index (χ2v) is 5.43. The molecule has 3 nitrogen and oxygen atoms in total. The number of hydrogen-bond acceptors (Lipinski definition) is 3. The van der Waals surface area contributed by atoms with Crippen LogP contribution < -0.4 is 11.1 Å². The topological polar surface area (TPSA) is 55.1 Å². The van der Waals surface area contributed by atoms with Gasteiger partial charge in [-0.05, 0) is 31.2 Å². The lowest BCUT2D eigenvalue weighted by molar-refractivity contribution is -0.125. The van der Waals surface area contributed by atoms with Gasteiger partial charge in [-0.3, -0.25) is 4.79 Å². The minimum absolute atomic E-state index is 0. The van der Waals surface area contributed by atoms with Crippen LogP contribution in [0.1, 0.15) is 37.1 Å². The fourth-order valence-corrected chi connectivity index (χ4v) is 2.98. The molecule has 1 heterocycles. The average Bonchev–Trinajstić information content (AvgIpc) is 2.86. The van der Waals surface area contributed by atoms with E-state index in [-0.39, 0.29) is 36.3 Å². The van der Waals surface area contributed by atoms with Crippen molar-refractivity contribution in [1.82, 2.24) is 5.32 Å². The zero-order valence-electron chi connectivity index (χ0n) is 9.89. The molecule has 0 saturated heterocycles. The minimum Gasteiger partial charge on any atom is -0.348 e. The van der Waals surface area contributed by atoms with Gasteiger partial charge in [-0.1, -0.05) is 12.5 Å². The number of carbonyl (C=O) groups is 1. The van der Waals surface area contributed by atoms with Crippen molar-refractivity contribution in [3.05, 3.63) is 22.4 Å². The van der Waals surface area contributed by atoms with E-state index >= 15 is 0 Å². The molecule has 2 rings (SSSR count). The van der Waals surface area contributed by atoms with Crippen LogP contribution in [0.5, 0.6) is 0 Å². The van der Waals surface area contributed by atoms with E-state index in [1.54, 1.807) is 11.3 Å². The highest BCUT2D eigenvalue weighted by Gasteiger charge is 2.30. The Kier molecular flexibility index (Phi) is 5.43. The molecule has 1 aromatic heterocycles. The molecule has 3 atom stereocenters. The Morgan fingerprint density at radius 1 is 1.59 bits per heavy atom. The predicted octanol–water partition coefficient (Wildman–Crippen LogP) is 2.47. The van der Waals surface area contributed by atoms with E-state index in [1.165, 1.54) is 4.88 Å². The summed E-state index contributed by atoms with van der Waals surface area (Å²) in [5.41, 5.74) is 5.92.